The molecule has 208 valence electrons. The molecule has 6 rings (SSSR count). The van der Waals surface area contributed by atoms with E-state index in [4.69, 9.17) is 0 Å². The summed E-state index contributed by atoms with van der Waals surface area (Å²) in [7, 11) is 4.29. The first kappa shape index (κ1) is 26.5. The average molecular weight is 521 g/mol. The third-order valence-corrected chi connectivity index (χ3v) is 13.5. The molecule has 4 fully saturated rings. The number of allylic oxidation sites excluding steroid dienone is 2. The molecule has 0 bridgehead atoms. The molecular formula is C33H48N2O3. The maximum absolute atomic E-state index is 13.1. The van der Waals surface area contributed by atoms with Gasteiger partial charge in [-0.25, -0.2) is 0 Å². The van der Waals surface area contributed by atoms with Crippen molar-refractivity contribution in [2.24, 2.45) is 44.8 Å². The first-order valence-electron chi connectivity index (χ1n) is 14.9. The second kappa shape index (κ2) is 8.41. The molecule has 5 heteroatoms. The highest BCUT2D eigenvalue weighted by Gasteiger charge is 2.82. The first-order valence-corrected chi connectivity index (χ1v) is 14.9. The number of aliphatic hydroxyl groups is 2. The minimum atomic E-state index is -0.396. The Bertz CT molecular complexity index is 1140. The fourth-order valence-electron chi connectivity index (χ4n) is 11.0. The summed E-state index contributed by atoms with van der Waals surface area (Å²) in [6.45, 7) is 9.52. The van der Waals surface area contributed by atoms with Crippen molar-refractivity contribution in [1.29, 1.82) is 0 Å². The van der Waals surface area contributed by atoms with Gasteiger partial charge in [-0.3, -0.25) is 4.79 Å². The van der Waals surface area contributed by atoms with Crippen LogP contribution in [-0.4, -0.2) is 59.9 Å². The molecule has 2 spiro atoms. The number of carbonyl (C=O) groups excluding carboxylic acids is 1. The van der Waals surface area contributed by atoms with Crippen molar-refractivity contribution in [3.8, 4) is 0 Å². The molecule has 4 saturated carbocycles. The molecule has 1 amide bonds. The van der Waals surface area contributed by atoms with Crippen molar-refractivity contribution in [2.75, 3.05) is 20.7 Å². The van der Waals surface area contributed by atoms with Crippen molar-refractivity contribution in [3.05, 3.63) is 48.0 Å². The second-order valence-electron chi connectivity index (χ2n) is 14.8. The number of amides is 1. The predicted molar refractivity (Wildman–Crippen MR) is 150 cm³/mol. The number of fused-ring (bicyclic) bond motifs is 2. The summed E-state index contributed by atoms with van der Waals surface area (Å²) in [5, 5.41) is 25.7. The zero-order valence-corrected chi connectivity index (χ0v) is 24.2. The minimum Gasteiger partial charge on any atom is -0.396 e. The van der Waals surface area contributed by atoms with Gasteiger partial charge in [0.05, 0.1) is 12.7 Å². The molecule has 5 aliphatic carbocycles. The van der Waals surface area contributed by atoms with Crippen molar-refractivity contribution in [1.82, 2.24) is 10.2 Å². The highest BCUT2D eigenvalue weighted by Crippen LogP contribution is 2.87. The molecule has 38 heavy (non-hydrogen) atoms. The lowest BCUT2D eigenvalue weighted by Crippen LogP contribution is -2.60. The third-order valence-electron chi connectivity index (χ3n) is 13.5. The minimum absolute atomic E-state index is 0.0451. The number of carbonyl (C=O) groups is 1. The number of hydrogen-bond acceptors (Lipinski definition) is 4. The van der Waals surface area contributed by atoms with Crippen LogP contribution in [0.15, 0.2) is 42.5 Å². The summed E-state index contributed by atoms with van der Waals surface area (Å²) in [5.41, 5.74) is 0.870. The van der Waals surface area contributed by atoms with Crippen LogP contribution in [0.3, 0.4) is 0 Å². The highest BCUT2D eigenvalue weighted by molar-refractivity contribution is 5.94. The molecule has 11 atom stereocenters. The average Bonchev–Trinajstić information content (AvgIpc) is 3.50. The van der Waals surface area contributed by atoms with E-state index in [0.717, 1.165) is 25.7 Å². The summed E-state index contributed by atoms with van der Waals surface area (Å²) < 4.78 is 0. The lowest BCUT2D eigenvalue weighted by atomic mass is 9.43. The van der Waals surface area contributed by atoms with Gasteiger partial charge < -0.3 is 20.4 Å². The van der Waals surface area contributed by atoms with E-state index in [1.165, 1.54) is 12.8 Å². The molecular weight excluding hydrogens is 472 g/mol. The van der Waals surface area contributed by atoms with Gasteiger partial charge in [0, 0.05) is 29.0 Å². The molecule has 0 saturated heterocycles. The van der Waals surface area contributed by atoms with Crippen LogP contribution in [0.4, 0.5) is 0 Å². The van der Waals surface area contributed by atoms with Gasteiger partial charge in [-0.2, -0.15) is 0 Å². The van der Waals surface area contributed by atoms with Crippen LogP contribution >= 0.6 is 0 Å². The SMILES string of the molecule is CC(C1C(O)CC2(C)C3C=CC4C(C)(CO)C(NC(=O)c5ccccc5)CCC45CC35CCC12C)N(C)C. The molecule has 0 radical (unpaired) electrons. The Kier molecular flexibility index (Phi) is 5.87. The maximum Gasteiger partial charge on any atom is 0.251 e. The predicted octanol–water partition coefficient (Wildman–Crippen LogP) is 4.89. The van der Waals surface area contributed by atoms with Crippen LogP contribution in [0.1, 0.15) is 76.6 Å². The smallest absolute Gasteiger partial charge is 0.251 e. The van der Waals surface area contributed by atoms with E-state index in [-0.39, 0.29) is 58.2 Å². The Balaban J connectivity index is 1.33. The molecule has 1 aromatic rings. The van der Waals surface area contributed by atoms with Crippen molar-refractivity contribution < 1.29 is 15.0 Å². The van der Waals surface area contributed by atoms with Crippen LogP contribution < -0.4 is 5.32 Å². The van der Waals surface area contributed by atoms with Gasteiger partial charge in [0.25, 0.3) is 5.91 Å². The number of rotatable bonds is 5. The zero-order chi connectivity index (χ0) is 27.3. The zero-order valence-electron chi connectivity index (χ0n) is 24.2. The topological polar surface area (TPSA) is 72.8 Å². The Morgan fingerprint density at radius 2 is 1.68 bits per heavy atom. The number of benzene rings is 1. The monoisotopic (exact) mass is 520 g/mol. The van der Waals surface area contributed by atoms with E-state index >= 15 is 0 Å². The van der Waals surface area contributed by atoms with E-state index in [1.807, 2.05) is 30.3 Å². The van der Waals surface area contributed by atoms with Crippen LogP contribution in [0.25, 0.3) is 0 Å². The fraction of sp³-hybridized carbons (Fsp3) is 0.727. The molecule has 0 aromatic heterocycles. The number of nitrogens with zero attached hydrogens (tertiary/aromatic N) is 1. The molecule has 0 aliphatic heterocycles. The molecule has 5 nitrogen and oxygen atoms in total. The fourth-order valence-corrected chi connectivity index (χ4v) is 11.0. The quantitative estimate of drug-likeness (QED) is 0.483. The summed E-state index contributed by atoms with van der Waals surface area (Å²) in [6.07, 6.45) is 11.1. The lowest BCUT2D eigenvalue weighted by molar-refractivity contribution is -0.111. The van der Waals surface area contributed by atoms with E-state index < -0.39 is 5.41 Å². The Morgan fingerprint density at radius 1 is 1.03 bits per heavy atom. The van der Waals surface area contributed by atoms with E-state index in [2.05, 4.69) is 64.2 Å². The van der Waals surface area contributed by atoms with E-state index in [9.17, 15) is 15.0 Å². The van der Waals surface area contributed by atoms with Gasteiger partial charge in [-0.05, 0) is 105 Å². The van der Waals surface area contributed by atoms with Crippen LogP contribution in [0, 0.1) is 44.8 Å². The number of nitrogens with one attached hydrogen (secondary N) is 1. The van der Waals surface area contributed by atoms with Crippen molar-refractivity contribution in [3.63, 3.8) is 0 Å². The molecule has 0 heterocycles. The first-order chi connectivity index (χ1) is 17.9. The summed E-state index contributed by atoms with van der Waals surface area (Å²) >= 11 is 0. The van der Waals surface area contributed by atoms with Gasteiger partial charge in [0.1, 0.15) is 0 Å². The molecule has 11 unspecified atom stereocenters. The van der Waals surface area contributed by atoms with Crippen LogP contribution in [-0.2, 0) is 0 Å². The van der Waals surface area contributed by atoms with Crippen LogP contribution in [0.5, 0.6) is 0 Å². The van der Waals surface area contributed by atoms with Gasteiger partial charge >= 0.3 is 0 Å². The summed E-state index contributed by atoms with van der Waals surface area (Å²) in [6, 6.07) is 9.72. The van der Waals surface area contributed by atoms with Gasteiger partial charge in [-0.1, -0.05) is 51.1 Å². The molecule has 1 aromatic carbocycles. The Hall–Kier alpha value is -1.69. The number of aliphatic hydroxyl groups excluding tert-OH is 2. The van der Waals surface area contributed by atoms with Crippen molar-refractivity contribution in [2.45, 2.75) is 84.4 Å². The maximum atomic E-state index is 13.1. The second-order valence-corrected chi connectivity index (χ2v) is 14.8. The van der Waals surface area contributed by atoms with Gasteiger partial charge in [0.2, 0.25) is 0 Å². The third kappa shape index (κ3) is 3.13. The molecule has 5 aliphatic rings. The van der Waals surface area contributed by atoms with Crippen LogP contribution in [0.2, 0.25) is 0 Å². The normalized spacial score (nSPS) is 49.4. The van der Waals surface area contributed by atoms with E-state index in [1.54, 1.807) is 0 Å². The van der Waals surface area contributed by atoms with E-state index in [0.29, 0.717) is 17.5 Å². The highest BCUT2D eigenvalue weighted by atomic mass is 16.3. The standard InChI is InChI=1S/C33H48N2O3/c1-21(35(5)6)27-23(37)18-31(4)25-13-12-24-29(2,20-36)26(34-28(38)22-10-8-7-9-11-22)14-15-32(24)19-33(25,32)17-16-30(27,31)3/h7-13,21,23-27,36-37H,14-20H2,1-6H3,(H,34,38). The number of hydrogen-bond donors (Lipinski definition) is 3. The van der Waals surface area contributed by atoms with Gasteiger partial charge in [-0.15, -0.1) is 0 Å². The van der Waals surface area contributed by atoms with Gasteiger partial charge in [0.15, 0.2) is 0 Å². The summed E-state index contributed by atoms with van der Waals surface area (Å²) in [4.78, 5) is 15.4. The Labute approximate surface area is 229 Å². The largest absolute Gasteiger partial charge is 0.396 e. The van der Waals surface area contributed by atoms with Crippen molar-refractivity contribution >= 4 is 5.91 Å². The lowest BCUT2D eigenvalue weighted by Gasteiger charge is -2.61. The Morgan fingerprint density at radius 3 is 2.34 bits per heavy atom. The molecule has 3 N–H and O–H groups in total. The summed E-state index contributed by atoms with van der Waals surface area (Å²) in [5.74, 6) is 0.933.